The standard InChI is InChI=1S/C18H27N7O3/c1-19-17(22-28-14(26)8-11-4-6-20-7-5-11)16-15-12(9-21-24(15)3)13-10-25(16)18(27)23(13)2/h9,11,13,16,20H,4-8,10H2,1-3H3,(H,19,22)/t13-,16-/m0/s1. The van der Waals surface area contributed by atoms with Crippen molar-refractivity contribution >= 4 is 17.8 Å². The van der Waals surface area contributed by atoms with Crippen LogP contribution in [0.4, 0.5) is 4.79 Å². The Morgan fingerprint density at radius 3 is 2.86 bits per heavy atom. The average molecular weight is 389 g/mol. The molecule has 2 bridgehead atoms. The number of nitrogens with zero attached hydrogens (tertiary/aromatic N) is 5. The van der Waals surface area contributed by atoms with E-state index in [0.29, 0.717) is 24.7 Å². The molecule has 1 aromatic heterocycles. The van der Waals surface area contributed by atoms with Gasteiger partial charge in [-0.25, -0.2) is 15.1 Å². The van der Waals surface area contributed by atoms with Crippen LogP contribution in [-0.4, -0.2) is 71.1 Å². The Morgan fingerprint density at radius 1 is 1.39 bits per heavy atom. The van der Waals surface area contributed by atoms with Gasteiger partial charge in [-0.2, -0.15) is 5.10 Å². The number of carbonyl (C=O) groups is 2. The fraction of sp³-hybridized carbons (Fsp3) is 0.667. The molecule has 2 saturated heterocycles. The first-order chi connectivity index (χ1) is 13.5. The second kappa shape index (κ2) is 7.42. The molecule has 1 aromatic rings. The van der Waals surface area contributed by atoms with Crippen molar-refractivity contribution in [2.45, 2.75) is 31.3 Å². The van der Waals surface area contributed by atoms with Gasteiger partial charge in [0.15, 0.2) is 5.84 Å². The molecule has 10 nitrogen and oxygen atoms in total. The van der Waals surface area contributed by atoms with Crippen LogP contribution < -0.4 is 10.8 Å². The van der Waals surface area contributed by atoms with Gasteiger partial charge in [0, 0.05) is 33.3 Å². The maximum atomic E-state index is 12.7. The first-order valence-electron chi connectivity index (χ1n) is 9.69. The van der Waals surface area contributed by atoms with E-state index in [1.807, 2.05) is 7.05 Å². The lowest BCUT2D eigenvalue weighted by Gasteiger charge is -2.32. The molecule has 152 valence electrons. The molecule has 0 aromatic carbocycles. The molecule has 10 heteroatoms. The minimum atomic E-state index is -0.465. The normalized spacial score (nSPS) is 25.1. The highest BCUT2D eigenvalue weighted by atomic mass is 16.7. The van der Waals surface area contributed by atoms with Crippen LogP contribution in [0.5, 0.6) is 0 Å². The van der Waals surface area contributed by atoms with Gasteiger partial charge in [0.25, 0.3) is 0 Å². The zero-order chi connectivity index (χ0) is 19.8. The zero-order valence-corrected chi connectivity index (χ0v) is 16.5. The Bertz CT molecular complexity index is 799. The van der Waals surface area contributed by atoms with E-state index in [0.717, 1.165) is 37.2 Å². The highest BCUT2D eigenvalue weighted by Gasteiger charge is 2.49. The minimum Gasteiger partial charge on any atom is -0.342 e. The number of nitrogens with one attached hydrogen (secondary N) is 2. The summed E-state index contributed by atoms with van der Waals surface area (Å²) in [5.41, 5.74) is 4.62. The predicted molar refractivity (Wildman–Crippen MR) is 101 cm³/mol. The van der Waals surface area contributed by atoms with E-state index >= 15 is 0 Å². The van der Waals surface area contributed by atoms with Crippen molar-refractivity contribution in [1.29, 1.82) is 0 Å². The molecule has 4 heterocycles. The summed E-state index contributed by atoms with van der Waals surface area (Å²) in [6, 6.07) is -0.559. The summed E-state index contributed by atoms with van der Waals surface area (Å²) in [4.78, 5) is 38.1. The van der Waals surface area contributed by atoms with Crippen LogP contribution >= 0.6 is 0 Å². The number of hydrogen-bond acceptors (Lipinski definition) is 6. The Labute approximate surface area is 163 Å². The number of rotatable bonds is 3. The number of amides is 2. The van der Waals surface area contributed by atoms with Gasteiger partial charge in [-0.3, -0.25) is 9.67 Å². The molecule has 0 saturated carbocycles. The summed E-state index contributed by atoms with van der Waals surface area (Å²) in [7, 11) is 5.26. The number of aryl methyl sites for hydroxylation is 1. The SMILES string of the molecule is CN=C(NOC(=O)CC1CCNCC1)[C@@H]1c2c(cnn2C)[C@@H]2CN1C(=O)N2C. The van der Waals surface area contributed by atoms with E-state index < -0.39 is 6.04 Å². The molecule has 2 atom stereocenters. The zero-order valence-electron chi connectivity index (χ0n) is 16.5. The topological polar surface area (TPSA) is 104 Å². The summed E-state index contributed by atoms with van der Waals surface area (Å²) < 4.78 is 1.76. The highest BCUT2D eigenvalue weighted by molar-refractivity contribution is 5.94. The molecule has 4 rings (SSSR count). The lowest BCUT2D eigenvalue weighted by atomic mass is 9.95. The van der Waals surface area contributed by atoms with Crippen molar-refractivity contribution < 1.29 is 14.4 Å². The van der Waals surface area contributed by atoms with E-state index in [1.165, 1.54) is 0 Å². The molecule has 0 spiro atoms. The largest absolute Gasteiger partial charge is 0.342 e. The van der Waals surface area contributed by atoms with Crippen molar-refractivity contribution in [2.75, 3.05) is 33.7 Å². The van der Waals surface area contributed by atoms with Crippen LogP contribution in [0.15, 0.2) is 11.2 Å². The maximum absolute atomic E-state index is 12.7. The molecule has 2 fully saturated rings. The van der Waals surface area contributed by atoms with Gasteiger partial charge in [0.05, 0.1) is 24.4 Å². The lowest BCUT2D eigenvalue weighted by Crippen LogP contribution is -2.45. The quantitative estimate of drug-likeness (QED) is 0.439. The number of likely N-dealkylation sites (N-methyl/N-ethyl adjacent to an activating group) is 1. The van der Waals surface area contributed by atoms with Crippen LogP contribution in [0, 0.1) is 5.92 Å². The van der Waals surface area contributed by atoms with Crippen molar-refractivity contribution in [2.24, 2.45) is 18.0 Å². The van der Waals surface area contributed by atoms with Crippen LogP contribution in [0.3, 0.4) is 0 Å². The third-order valence-electron chi connectivity index (χ3n) is 6.01. The number of fused-ring (bicyclic) bond motifs is 4. The molecule has 3 aliphatic rings. The number of hydrogen-bond donors (Lipinski definition) is 2. The Balaban J connectivity index is 1.49. The summed E-state index contributed by atoms with van der Waals surface area (Å²) in [5, 5.41) is 7.66. The Kier molecular flexibility index (Phi) is 4.96. The number of aliphatic imine (C=N–C) groups is 1. The van der Waals surface area contributed by atoms with Crippen molar-refractivity contribution in [3.05, 3.63) is 17.5 Å². The summed E-state index contributed by atoms with van der Waals surface area (Å²) >= 11 is 0. The molecule has 2 N–H and O–H groups in total. The van der Waals surface area contributed by atoms with Crippen LogP contribution in [0.25, 0.3) is 0 Å². The summed E-state index contributed by atoms with van der Waals surface area (Å²) in [6.45, 7) is 2.43. The van der Waals surface area contributed by atoms with Crippen molar-refractivity contribution in [3.8, 4) is 0 Å². The first kappa shape index (κ1) is 18.7. The predicted octanol–water partition coefficient (Wildman–Crippen LogP) is 0.349. The second-order valence-corrected chi connectivity index (χ2v) is 7.66. The second-order valence-electron chi connectivity index (χ2n) is 7.66. The molecule has 0 unspecified atom stereocenters. The van der Waals surface area contributed by atoms with Gasteiger partial charge >= 0.3 is 12.0 Å². The van der Waals surface area contributed by atoms with Gasteiger partial charge in [-0.15, -0.1) is 0 Å². The number of hydroxylamine groups is 1. The van der Waals surface area contributed by atoms with E-state index in [9.17, 15) is 9.59 Å². The van der Waals surface area contributed by atoms with Gasteiger partial charge in [0.2, 0.25) is 0 Å². The van der Waals surface area contributed by atoms with Crippen molar-refractivity contribution in [1.82, 2.24) is 30.4 Å². The fourth-order valence-electron chi connectivity index (χ4n) is 4.42. The highest BCUT2D eigenvalue weighted by Crippen LogP contribution is 2.42. The third kappa shape index (κ3) is 3.11. The smallest absolute Gasteiger partial charge is 0.332 e. The molecule has 3 aliphatic heterocycles. The van der Waals surface area contributed by atoms with Crippen molar-refractivity contribution in [3.63, 3.8) is 0 Å². The summed E-state index contributed by atoms with van der Waals surface area (Å²) in [5.74, 6) is 0.452. The number of amidine groups is 1. The average Bonchev–Trinajstić information content (AvgIpc) is 3.20. The van der Waals surface area contributed by atoms with Gasteiger partial charge < -0.3 is 20.0 Å². The molecule has 28 heavy (non-hydrogen) atoms. The lowest BCUT2D eigenvalue weighted by molar-refractivity contribution is -0.149. The maximum Gasteiger partial charge on any atom is 0.332 e. The number of urea groups is 1. The fourth-order valence-corrected chi connectivity index (χ4v) is 4.42. The van der Waals surface area contributed by atoms with Crippen LogP contribution in [0.1, 0.15) is 42.6 Å². The molecular formula is C18H27N7O3. The van der Waals surface area contributed by atoms with Gasteiger partial charge in [0.1, 0.15) is 6.04 Å². The first-order valence-corrected chi connectivity index (χ1v) is 9.69. The third-order valence-corrected chi connectivity index (χ3v) is 6.01. The summed E-state index contributed by atoms with van der Waals surface area (Å²) in [6.07, 6.45) is 4.12. The molecule has 2 amide bonds. The van der Waals surface area contributed by atoms with Gasteiger partial charge in [-0.05, 0) is 31.8 Å². The number of aromatic nitrogens is 2. The van der Waals surface area contributed by atoms with E-state index in [-0.39, 0.29) is 18.0 Å². The minimum absolute atomic E-state index is 0.0204. The molecular weight excluding hydrogens is 362 g/mol. The van der Waals surface area contributed by atoms with E-state index in [2.05, 4.69) is 20.9 Å². The molecule has 0 aliphatic carbocycles. The number of carbonyl (C=O) groups excluding carboxylic acids is 2. The van der Waals surface area contributed by atoms with E-state index in [1.54, 1.807) is 34.8 Å². The van der Waals surface area contributed by atoms with Gasteiger partial charge in [-0.1, -0.05) is 0 Å². The Morgan fingerprint density at radius 2 is 2.14 bits per heavy atom. The molecule has 0 radical (unpaired) electrons. The van der Waals surface area contributed by atoms with Crippen LogP contribution in [-0.2, 0) is 16.7 Å². The van der Waals surface area contributed by atoms with E-state index in [4.69, 9.17) is 4.84 Å². The Hall–Kier alpha value is -2.62. The monoisotopic (exact) mass is 389 g/mol. The number of piperidine rings is 1. The van der Waals surface area contributed by atoms with Crippen LogP contribution in [0.2, 0.25) is 0 Å².